The van der Waals surface area contributed by atoms with Gasteiger partial charge in [-0.3, -0.25) is 4.99 Å². The molecule has 1 aliphatic heterocycles. The summed E-state index contributed by atoms with van der Waals surface area (Å²) in [7, 11) is 3.98. The fourth-order valence-electron chi connectivity index (χ4n) is 2.84. The minimum Gasteiger partial charge on any atom is -0.374 e. The van der Waals surface area contributed by atoms with Gasteiger partial charge in [0.05, 0.1) is 12.7 Å². The topological polar surface area (TPSA) is 48.9 Å². The standard InChI is InChI=1S/C14H28N4O.HI/c1-15-14(17-12-6-4-3-5-7-12)16-10-13-11-18(2)8-9-19-13;/h12-13H,3-11H2,1-2H3,(H2,15,16,17);1H. The van der Waals surface area contributed by atoms with Gasteiger partial charge in [0.2, 0.25) is 0 Å². The van der Waals surface area contributed by atoms with Crippen molar-refractivity contribution in [3.05, 3.63) is 0 Å². The highest BCUT2D eigenvalue weighted by atomic mass is 127. The first-order valence-electron chi connectivity index (χ1n) is 7.55. The number of guanidine groups is 1. The summed E-state index contributed by atoms with van der Waals surface area (Å²) in [6, 6.07) is 0.592. The van der Waals surface area contributed by atoms with Crippen molar-refractivity contribution in [2.75, 3.05) is 40.3 Å². The minimum absolute atomic E-state index is 0. The van der Waals surface area contributed by atoms with Gasteiger partial charge >= 0.3 is 0 Å². The van der Waals surface area contributed by atoms with Crippen LogP contribution in [0.1, 0.15) is 32.1 Å². The summed E-state index contributed by atoms with van der Waals surface area (Å²) in [5.74, 6) is 0.920. The van der Waals surface area contributed by atoms with Crippen LogP contribution in [-0.2, 0) is 4.74 Å². The molecule has 1 saturated heterocycles. The van der Waals surface area contributed by atoms with Crippen LogP contribution in [0.4, 0.5) is 0 Å². The second-order valence-electron chi connectivity index (χ2n) is 5.69. The maximum absolute atomic E-state index is 5.75. The number of halogens is 1. The first-order valence-corrected chi connectivity index (χ1v) is 7.55. The number of hydrogen-bond acceptors (Lipinski definition) is 3. The van der Waals surface area contributed by atoms with E-state index in [1.807, 2.05) is 7.05 Å². The Hall–Kier alpha value is -0.0800. The molecular formula is C14H29IN4O. The van der Waals surface area contributed by atoms with Gasteiger partial charge in [0, 0.05) is 32.7 Å². The lowest BCUT2D eigenvalue weighted by molar-refractivity contribution is -0.0161. The van der Waals surface area contributed by atoms with E-state index in [0.29, 0.717) is 6.04 Å². The van der Waals surface area contributed by atoms with Crippen LogP contribution in [0.2, 0.25) is 0 Å². The first kappa shape index (κ1) is 18.0. The third-order valence-electron chi connectivity index (χ3n) is 4.01. The van der Waals surface area contributed by atoms with Crippen LogP contribution < -0.4 is 10.6 Å². The second-order valence-corrected chi connectivity index (χ2v) is 5.69. The highest BCUT2D eigenvalue weighted by molar-refractivity contribution is 14.0. The van der Waals surface area contributed by atoms with Crippen LogP contribution in [0, 0.1) is 0 Å². The molecule has 20 heavy (non-hydrogen) atoms. The number of nitrogens with zero attached hydrogens (tertiary/aromatic N) is 2. The molecule has 5 nitrogen and oxygen atoms in total. The Morgan fingerprint density at radius 1 is 1.30 bits per heavy atom. The van der Waals surface area contributed by atoms with Crippen LogP contribution >= 0.6 is 24.0 Å². The zero-order valence-electron chi connectivity index (χ0n) is 12.7. The molecule has 2 N–H and O–H groups in total. The van der Waals surface area contributed by atoms with E-state index in [1.54, 1.807) is 0 Å². The Kier molecular flexibility index (Phi) is 8.79. The van der Waals surface area contributed by atoms with Crippen molar-refractivity contribution in [2.45, 2.75) is 44.2 Å². The van der Waals surface area contributed by atoms with Crippen LogP contribution in [0.25, 0.3) is 0 Å². The largest absolute Gasteiger partial charge is 0.374 e. The highest BCUT2D eigenvalue weighted by Gasteiger charge is 2.19. The quantitative estimate of drug-likeness (QED) is 0.431. The third-order valence-corrected chi connectivity index (χ3v) is 4.01. The van der Waals surface area contributed by atoms with E-state index in [2.05, 4.69) is 27.6 Å². The lowest BCUT2D eigenvalue weighted by atomic mass is 9.96. The van der Waals surface area contributed by atoms with Gasteiger partial charge in [0.1, 0.15) is 0 Å². The zero-order valence-corrected chi connectivity index (χ0v) is 15.1. The number of morpholine rings is 1. The van der Waals surface area contributed by atoms with Gasteiger partial charge in [0.15, 0.2) is 5.96 Å². The van der Waals surface area contributed by atoms with Gasteiger partial charge in [-0.1, -0.05) is 19.3 Å². The van der Waals surface area contributed by atoms with E-state index in [4.69, 9.17) is 4.74 Å². The van der Waals surface area contributed by atoms with E-state index in [-0.39, 0.29) is 30.1 Å². The predicted molar refractivity (Wildman–Crippen MR) is 94.0 cm³/mol. The van der Waals surface area contributed by atoms with E-state index in [9.17, 15) is 0 Å². The van der Waals surface area contributed by atoms with E-state index in [1.165, 1.54) is 32.1 Å². The normalized spacial score (nSPS) is 25.9. The number of ether oxygens (including phenoxy) is 1. The summed E-state index contributed by atoms with van der Waals surface area (Å²) in [5.41, 5.74) is 0. The first-order chi connectivity index (χ1) is 9.28. The Bertz CT molecular complexity index is 295. The molecule has 1 aliphatic carbocycles. The van der Waals surface area contributed by atoms with Crippen LogP contribution in [0.3, 0.4) is 0 Å². The Balaban J connectivity index is 0.00000200. The molecule has 0 spiro atoms. The average molecular weight is 396 g/mol. The lowest BCUT2D eigenvalue weighted by Crippen LogP contribution is -2.50. The summed E-state index contributed by atoms with van der Waals surface area (Å²) in [6.07, 6.45) is 6.86. The maximum Gasteiger partial charge on any atom is 0.191 e. The molecule has 0 aromatic rings. The van der Waals surface area contributed by atoms with Crippen LogP contribution in [-0.4, -0.2) is 63.3 Å². The van der Waals surface area contributed by atoms with E-state index >= 15 is 0 Å². The molecule has 1 saturated carbocycles. The minimum atomic E-state index is 0. The molecule has 1 heterocycles. The molecule has 6 heteroatoms. The molecule has 0 radical (unpaired) electrons. The molecule has 0 bridgehead atoms. The molecule has 0 aromatic carbocycles. The second kappa shape index (κ2) is 9.78. The summed E-state index contributed by atoms with van der Waals surface area (Å²) in [6.45, 7) is 3.69. The molecular weight excluding hydrogens is 367 g/mol. The lowest BCUT2D eigenvalue weighted by Gasteiger charge is -2.31. The Labute approximate surface area is 139 Å². The molecule has 118 valence electrons. The summed E-state index contributed by atoms with van der Waals surface area (Å²) in [5, 5.41) is 6.92. The molecule has 0 aromatic heterocycles. The van der Waals surface area contributed by atoms with Crippen molar-refractivity contribution in [1.82, 2.24) is 15.5 Å². The predicted octanol–water partition coefficient (Wildman–Crippen LogP) is 1.43. The Morgan fingerprint density at radius 2 is 2.05 bits per heavy atom. The summed E-state index contributed by atoms with van der Waals surface area (Å²) >= 11 is 0. The van der Waals surface area contributed by atoms with Crippen molar-refractivity contribution in [1.29, 1.82) is 0 Å². The zero-order chi connectivity index (χ0) is 13.5. The van der Waals surface area contributed by atoms with Crippen molar-refractivity contribution in [3.63, 3.8) is 0 Å². The molecule has 0 amide bonds. The fourth-order valence-corrected chi connectivity index (χ4v) is 2.84. The van der Waals surface area contributed by atoms with Gasteiger partial charge in [0.25, 0.3) is 0 Å². The summed E-state index contributed by atoms with van der Waals surface area (Å²) < 4.78 is 5.75. The highest BCUT2D eigenvalue weighted by Crippen LogP contribution is 2.17. The fraction of sp³-hybridized carbons (Fsp3) is 0.929. The molecule has 2 rings (SSSR count). The molecule has 2 fully saturated rings. The van der Waals surface area contributed by atoms with E-state index in [0.717, 1.165) is 32.2 Å². The van der Waals surface area contributed by atoms with Gasteiger partial charge in [-0.15, -0.1) is 24.0 Å². The van der Waals surface area contributed by atoms with Crippen LogP contribution in [0.15, 0.2) is 4.99 Å². The third kappa shape index (κ3) is 6.13. The monoisotopic (exact) mass is 396 g/mol. The maximum atomic E-state index is 5.75. The van der Waals surface area contributed by atoms with Crippen molar-refractivity contribution < 1.29 is 4.74 Å². The van der Waals surface area contributed by atoms with Crippen molar-refractivity contribution in [3.8, 4) is 0 Å². The van der Waals surface area contributed by atoms with Crippen molar-refractivity contribution >= 4 is 29.9 Å². The SMILES string of the molecule is CN=C(NCC1CN(C)CCO1)NC1CCCCC1.I. The van der Waals surface area contributed by atoms with Gasteiger partial charge < -0.3 is 20.3 Å². The molecule has 1 unspecified atom stereocenters. The van der Waals surface area contributed by atoms with Gasteiger partial charge in [-0.05, 0) is 19.9 Å². The van der Waals surface area contributed by atoms with Gasteiger partial charge in [-0.2, -0.15) is 0 Å². The molecule has 2 aliphatic rings. The van der Waals surface area contributed by atoms with Gasteiger partial charge in [-0.25, -0.2) is 0 Å². The van der Waals surface area contributed by atoms with Crippen molar-refractivity contribution in [2.24, 2.45) is 4.99 Å². The number of aliphatic imine (C=N–C) groups is 1. The van der Waals surface area contributed by atoms with Crippen LogP contribution in [0.5, 0.6) is 0 Å². The van der Waals surface area contributed by atoms with E-state index < -0.39 is 0 Å². The average Bonchev–Trinajstić information content (AvgIpc) is 2.44. The number of hydrogen-bond donors (Lipinski definition) is 2. The molecule has 1 atom stereocenters. The smallest absolute Gasteiger partial charge is 0.191 e. The Morgan fingerprint density at radius 3 is 2.70 bits per heavy atom. The number of rotatable bonds is 3. The number of nitrogens with one attached hydrogen (secondary N) is 2. The number of likely N-dealkylation sites (N-methyl/N-ethyl adjacent to an activating group) is 1. The summed E-state index contributed by atoms with van der Waals surface area (Å²) in [4.78, 5) is 6.62.